The lowest BCUT2D eigenvalue weighted by atomic mass is 10.1. The SMILES string of the molecule is Cc1ccc(Cl)cc1-n1nc(-c2cccc(Cl)c2Cl)c2c1NCC2. The first-order chi connectivity index (χ1) is 11.6. The van der Waals surface area contributed by atoms with Gasteiger partial charge in [-0.3, -0.25) is 0 Å². The van der Waals surface area contributed by atoms with E-state index in [1.807, 2.05) is 41.9 Å². The molecule has 1 aliphatic heterocycles. The van der Waals surface area contributed by atoms with Crippen molar-refractivity contribution in [2.45, 2.75) is 13.3 Å². The van der Waals surface area contributed by atoms with Gasteiger partial charge in [-0.05, 0) is 37.1 Å². The maximum atomic E-state index is 6.42. The minimum absolute atomic E-state index is 0.529. The predicted molar refractivity (Wildman–Crippen MR) is 101 cm³/mol. The van der Waals surface area contributed by atoms with Crippen LogP contribution in [0.4, 0.5) is 5.82 Å². The molecule has 0 fully saturated rings. The molecule has 1 aliphatic rings. The number of nitrogens with zero attached hydrogens (tertiary/aromatic N) is 2. The van der Waals surface area contributed by atoms with Crippen molar-refractivity contribution in [3.63, 3.8) is 0 Å². The first-order valence-corrected chi connectivity index (χ1v) is 8.76. The van der Waals surface area contributed by atoms with Gasteiger partial charge >= 0.3 is 0 Å². The fraction of sp³-hybridized carbons (Fsp3) is 0.167. The van der Waals surface area contributed by atoms with Gasteiger partial charge in [0.1, 0.15) is 5.82 Å². The molecule has 1 aromatic heterocycles. The standard InChI is InChI=1S/C18H14Cl3N3/c1-10-5-6-11(19)9-15(10)24-18-13(7-8-22-18)17(23-24)12-3-2-4-14(20)16(12)21/h2-6,9,22H,7-8H2,1H3. The highest BCUT2D eigenvalue weighted by Crippen LogP contribution is 2.40. The van der Waals surface area contributed by atoms with Gasteiger partial charge in [-0.2, -0.15) is 5.10 Å². The minimum Gasteiger partial charge on any atom is -0.369 e. The molecule has 1 N–H and O–H groups in total. The molecule has 3 aromatic rings. The van der Waals surface area contributed by atoms with Crippen molar-refractivity contribution >= 4 is 40.6 Å². The van der Waals surface area contributed by atoms with Crippen molar-refractivity contribution in [1.29, 1.82) is 0 Å². The summed E-state index contributed by atoms with van der Waals surface area (Å²) < 4.78 is 1.91. The summed E-state index contributed by atoms with van der Waals surface area (Å²) >= 11 is 18.8. The number of hydrogen-bond acceptors (Lipinski definition) is 2. The molecular formula is C18H14Cl3N3. The van der Waals surface area contributed by atoms with Crippen LogP contribution in [0.3, 0.4) is 0 Å². The Morgan fingerprint density at radius 1 is 1.12 bits per heavy atom. The smallest absolute Gasteiger partial charge is 0.133 e. The Kier molecular flexibility index (Phi) is 3.95. The Labute approximate surface area is 155 Å². The van der Waals surface area contributed by atoms with Crippen LogP contribution >= 0.6 is 34.8 Å². The van der Waals surface area contributed by atoms with Gasteiger partial charge in [0.2, 0.25) is 0 Å². The average molecular weight is 379 g/mol. The number of hydrogen-bond donors (Lipinski definition) is 1. The van der Waals surface area contributed by atoms with E-state index in [0.717, 1.165) is 46.9 Å². The van der Waals surface area contributed by atoms with Crippen LogP contribution in [-0.4, -0.2) is 16.3 Å². The van der Waals surface area contributed by atoms with Crippen LogP contribution in [-0.2, 0) is 6.42 Å². The molecule has 4 rings (SSSR count). The summed E-state index contributed by atoms with van der Waals surface area (Å²) in [6, 6.07) is 11.4. The lowest BCUT2D eigenvalue weighted by Gasteiger charge is -2.10. The molecule has 0 atom stereocenters. The van der Waals surface area contributed by atoms with Crippen molar-refractivity contribution < 1.29 is 0 Å². The molecule has 2 heterocycles. The predicted octanol–water partition coefficient (Wildman–Crippen LogP) is 5.78. The molecule has 0 aliphatic carbocycles. The third-order valence-electron chi connectivity index (χ3n) is 4.26. The zero-order valence-electron chi connectivity index (χ0n) is 12.9. The first kappa shape index (κ1) is 15.8. The molecule has 0 unspecified atom stereocenters. The topological polar surface area (TPSA) is 29.9 Å². The molecule has 0 spiro atoms. The number of aryl methyl sites for hydroxylation is 1. The molecular weight excluding hydrogens is 365 g/mol. The van der Waals surface area contributed by atoms with Crippen molar-refractivity contribution in [2.75, 3.05) is 11.9 Å². The fourth-order valence-electron chi connectivity index (χ4n) is 3.06. The normalized spacial score (nSPS) is 13.0. The zero-order chi connectivity index (χ0) is 16.8. The van der Waals surface area contributed by atoms with Crippen LogP contribution in [0.15, 0.2) is 36.4 Å². The second-order valence-electron chi connectivity index (χ2n) is 5.80. The number of anilines is 1. The van der Waals surface area contributed by atoms with E-state index in [9.17, 15) is 0 Å². The number of nitrogens with one attached hydrogen (secondary N) is 1. The highest BCUT2D eigenvalue weighted by atomic mass is 35.5. The summed E-state index contributed by atoms with van der Waals surface area (Å²) in [7, 11) is 0. The number of rotatable bonds is 2. The van der Waals surface area contributed by atoms with Gasteiger partial charge in [-0.15, -0.1) is 0 Å². The second kappa shape index (κ2) is 5.99. The summed E-state index contributed by atoms with van der Waals surface area (Å²) in [5, 5.41) is 9.99. The summed E-state index contributed by atoms with van der Waals surface area (Å²) in [4.78, 5) is 0. The first-order valence-electron chi connectivity index (χ1n) is 7.63. The summed E-state index contributed by atoms with van der Waals surface area (Å²) in [5.74, 6) is 0.992. The van der Waals surface area contributed by atoms with Crippen LogP contribution in [0.1, 0.15) is 11.1 Å². The summed E-state index contributed by atoms with van der Waals surface area (Å²) in [6.45, 7) is 2.92. The molecule has 0 radical (unpaired) electrons. The molecule has 122 valence electrons. The average Bonchev–Trinajstić information content (AvgIpc) is 3.15. The van der Waals surface area contributed by atoms with E-state index in [-0.39, 0.29) is 0 Å². The van der Waals surface area contributed by atoms with Crippen LogP contribution in [0.5, 0.6) is 0 Å². The summed E-state index contributed by atoms with van der Waals surface area (Å²) in [5.41, 5.74) is 4.92. The van der Waals surface area contributed by atoms with Gasteiger partial charge in [0.05, 0.1) is 21.4 Å². The van der Waals surface area contributed by atoms with E-state index < -0.39 is 0 Å². The van der Waals surface area contributed by atoms with Crippen LogP contribution in [0.25, 0.3) is 16.9 Å². The van der Waals surface area contributed by atoms with Gasteiger partial charge in [0.15, 0.2) is 0 Å². The van der Waals surface area contributed by atoms with Crippen LogP contribution in [0, 0.1) is 6.92 Å². The Balaban J connectivity index is 1.96. The quantitative estimate of drug-likeness (QED) is 0.613. The van der Waals surface area contributed by atoms with E-state index in [0.29, 0.717) is 15.1 Å². The lowest BCUT2D eigenvalue weighted by Crippen LogP contribution is -2.05. The van der Waals surface area contributed by atoms with Gasteiger partial charge < -0.3 is 5.32 Å². The van der Waals surface area contributed by atoms with Crippen molar-refractivity contribution in [3.05, 3.63) is 62.6 Å². The number of aromatic nitrogens is 2. The van der Waals surface area contributed by atoms with Crippen molar-refractivity contribution in [2.24, 2.45) is 0 Å². The number of halogens is 3. The lowest BCUT2D eigenvalue weighted by molar-refractivity contribution is 0.875. The van der Waals surface area contributed by atoms with Crippen LogP contribution in [0.2, 0.25) is 15.1 Å². The number of benzene rings is 2. The van der Waals surface area contributed by atoms with Crippen molar-refractivity contribution in [1.82, 2.24) is 9.78 Å². The van der Waals surface area contributed by atoms with Gasteiger partial charge in [-0.25, -0.2) is 4.68 Å². The highest BCUT2D eigenvalue weighted by Gasteiger charge is 2.26. The second-order valence-corrected chi connectivity index (χ2v) is 7.02. The van der Waals surface area contributed by atoms with E-state index in [2.05, 4.69) is 5.32 Å². The number of fused-ring (bicyclic) bond motifs is 1. The molecule has 0 saturated heterocycles. The molecule has 2 aromatic carbocycles. The maximum absolute atomic E-state index is 6.42. The molecule has 6 heteroatoms. The van der Waals surface area contributed by atoms with E-state index in [1.54, 1.807) is 6.07 Å². The third kappa shape index (κ3) is 2.48. The maximum Gasteiger partial charge on any atom is 0.133 e. The molecule has 3 nitrogen and oxygen atoms in total. The van der Waals surface area contributed by atoms with Gasteiger partial charge in [-0.1, -0.05) is 53.0 Å². The minimum atomic E-state index is 0.529. The monoisotopic (exact) mass is 377 g/mol. The highest BCUT2D eigenvalue weighted by molar-refractivity contribution is 6.43. The molecule has 0 saturated carbocycles. The van der Waals surface area contributed by atoms with E-state index in [1.165, 1.54) is 0 Å². The Hall–Kier alpha value is -1.68. The van der Waals surface area contributed by atoms with Gasteiger partial charge in [0.25, 0.3) is 0 Å². The Bertz CT molecular complexity index is 922. The largest absolute Gasteiger partial charge is 0.369 e. The third-order valence-corrected chi connectivity index (χ3v) is 5.31. The van der Waals surface area contributed by atoms with Crippen LogP contribution < -0.4 is 5.32 Å². The molecule has 0 bridgehead atoms. The van der Waals surface area contributed by atoms with Crippen molar-refractivity contribution in [3.8, 4) is 16.9 Å². The fourth-order valence-corrected chi connectivity index (χ4v) is 3.62. The zero-order valence-corrected chi connectivity index (χ0v) is 15.2. The van der Waals surface area contributed by atoms with E-state index >= 15 is 0 Å². The molecule has 0 amide bonds. The summed E-state index contributed by atoms with van der Waals surface area (Å²) in [6.07, 6.45) is 0.896. The van der Waals surface area contributed by atoms with E-state index in [4.69, 9.17) is 39.9 Å². The Morgan fingerprint density at radius 2 is 1.96 bits per heavy atom. The Morgan fingerprint density at radius 3 is 2.79 bits per heavy atom. The molecule has 24 heavy (non-hydrogen) atoms. The van der Waals surface area contributed by atoms with Gasteiger partial charge in [0, 0.05) is 22.7 Å².